The van der Waals surface area contributed by atoms with Gasteiger partial charge in [0.1, 0.15) is 12.1 Å². The molecule has 0 bridgehead atoms. The van der Waals surface area contributed by atoms with Crippen LogP contribution in [0.15, 0.2) is 30.6 Å². The van der Waals surface area contributed by atoms with Crippen molar-refractivity contribution >= 4 is 21.4 Å². The van der Waals surface area contributed by atoms with Crippen molar-refractivity contribution in [3.8, 4) is 10.7 Å². The number of hydrogen-bond acceptors (Lipinski definition) is 3. The number of thiophene rings is 1. The summed E-state index contributed by atoms with van der Waals surface area (Å²) in [7, 11) is 1.89. The summed E-state index contributed by atoms with van der Waals surface area (Å²) in [6.45, 7) is 0. The van der Waals surface area contributed by atoms with E-state index in [1.54, 1.807) is 18.5 Å². The Morgan fingerprint density at radius 3 is 2.94 bits per heavy atom. The summed E-state index contributed by atoms with van der Waals surface area (Å²) in [6, 6.07) is 6.79. The van der Waals surface area contributed by atoms with Gasteiger partial charge in [-0.1, -0.05) is 6.07 Å². The van der Waals surface area contributed by atoms with Crippen LogP contribution < -0.4 is 0 Å². The molecule has 0 unspecified atom stereocenters. The highest BCUT2D eigenvalue weighted by molar-refractivity contribution is 7.22. The molecule has 16 heavy (non-hydrogen) atoms. The van der Waals surface area contributed by atoms with E-state index in [4.69, 9.17) is 0 Å². The monoisotopic (exact) mass is 233 g/mol. The van der Waals surface area contributed by atoms with Gasteiger partial charge in [-0.3, -0.25) is 0 Å². The zero-order valence-corrected chi connectivity index (χ0v) is 9.33. The van der Waals surface area contributed by atoms with Gasteiger partial charge in [0.2, 0.25) is 0 Å². The number of rotatable bonds is 1. The Balaban J connectivity index is 2.23. The maximum Gasteiger partial charge on any atom is 0.173 e. The Hall–Kier alpha value is -1.75. The molecule has 3 rings (SSSR count). The number of hydrogen-bond donors (Lipinski definition) is 0. The smallest absolute Gasteiger partial charge is 0.173 e. The van der Waals surface area contributed by atoms with Crippen molar-refractivity contribution < 1.29 is 4.39 Å². The van der Waals surface area contributed by atoms with Crippen LogP contribution in [0.2, 0.25) is 0 Å². The molecule has 2 aromatic heterocycles. The standard InChI is InChI=1S/C11H8FN3S/c1-15-6-13-14-11(15)10-4-7-2-3-8(12)5-9(7)16-10/h2-6H,1H3. The first-order valence-corrected chi connectivity index (χ1v) is 5.59. The van der Waals surface area contributed by atoms with Gasteiger partial charge in [0.15, 0.2) is 5.82 Å². The van der Waals surface area contributed by atoms with Gasteiger partial charge in [0, 0.05) is 11.7 Å². The van der Waals surface area contributed by atoms with Gasteiger partial charge in [-0.2, -0.15) is 0 Å². The van der Waals surface area contributed by atoms with E-state index >= 15 is 0 Å². The maximum absolute atomic E-state index is 13.0. The van der Waals surface area contributed by atoms with Crippen LogP contribution in [-0.2, 0) is 7.05 Å². The Morgan fingerprint density at radius 1 is 1.31 bits per heavy atom. The zero-order valence-electron chi connectivity index (χ0n) is 8.51. The molecule has 0 radical (unpaired) electrons. The number of benzene rings is 1. The third kappa shape index (κ3) is 1.40. The number of fused-ring (bicyclic) bond motifs is 1. The number of aromatic nitrogens is 3. The molecule has 3 nitrogen and oxygen atoms in total. The molecule has 3 aromatic rings. The van der Waals surface area contributed by atoms with Gasteiger partial charge < -0.3 is 4.57 Å². The summed E-state index contributed by atoms with van der Waals surface area (Å²) in [5.74, 6) is 0.598. The lowest BCUT2D eigenvalue weighted by atomic mass is 10.2. The minimum atomic E-state index is -0.209. The Morgan fingerprint density at radius 2 is 2.19 bits per heavy atom. The summed E-state index contributed by atoms with van der Waals surface area (Å²) >= 11 is 1.52. The molecule has 0 aliphatic rings. The van der Waals surface area contributed by atoms with Crippen LogP contribution in [0.4, 0.5) is 4.39 Å². The lowest BCUT2D eigenvalue weighted by molar-refractivity contribution is 0.630. The van der Waals surface area contributed by atoms with Gasteiger partial charge in [0.05, 0.1) is 4.88 Å². The molecule has 80 valence electrons. The van der Waals surface area contributed by atoms with E-state index < -0.39 is 0 Å². The average molecular weight is 233 g/mol. The minimum Gasteiger partial charge on any atom is -0.316 e. The van der Waals surface area contributed by atoms with Gasteiger partial charge in [-0.05, 0) is 23.6 Å². The number of halogens is 1. The van der Waals surface area contributed by atoms with Crippen molar-refractivity contribution in [3.63, 3.8) is 0 Å². The molecule has 2 heterocycles. The zero-order chi connectivity index (χ0) is 11.1. The Labute approximate surface area is 95.2 Å². The first-order valence-electron chi connectivity index (χ1n) is 4.77. The summed E-state index contributed by atoms with van der Waals surface area (Å²) in [5, 5.41) is 8.90. The summed E-state index contributed by atoms with van der Waals surface area (Å²) in [5.41, 5.74) is 0. The molecule has 0 saturated carbocycles. The molecule has 0 saturated heterocycles. The largest absolute Gasteiger partial charge is 0.316 e. The quantitative estimate of drug-likeness (QED) is 0.647. The molecule has 1 aromatic carbocycles. The first-order chi connectivity index (χ1) is 7.74. The van der Waals surface area contributed by atoms with Crippen LogP contribution in [0.3, 0.4) is 0 Å². The third-order valence-electron chi connectivity index (χ3n) is 2.41. The fourth-order valence-corrected chi connectivity index (χ4v) is 2.74. The Kier molecular flexibility index (Phi) is 2.00. The van der Waals surface area contributed by atoms with E-state index in [1.165, 1.54) is 17.4 Å². The van der Waals surface area contributed by atoms with Crippen LogP contribution >= 0.6 is 11.3 Å². The molecule has 5 heteroatoms. The lowest BCUT2D eigenvalue weighted by Gasteiger charge is -1.93. The lowest BCUT2D eigenvalue weighted by Crippen LogP contribution is -1.87. The van der Waals surface area contributed by atoms with E-state index in [0.717, 1.165) is 20.8 Å². The van der Waals surface area contributed by atoms with E-state index in [2.05, 4.69) is 10.2 Å². The highest BCUT2D eigenvalue weighted by atomic mass is 32.1. The summed E-state index contributed by atoms with van der Waals surface area (Å²) in [6.07, 6.45) is 1.65. The van der Waals surface area contributed by atoms with Crippen molar-refractivity contribution in [3.05, 3.63) is 36.4 Å². The number of aryl methyl sites for hydroxylation is 1. The molecule has 0 aliphatic heterocycles. The highest BCUT2D eigenvalue weighted by Crippen LogP contribution is 2.32. The average Bonchev–Trinajstić information content (AvgIpc) is 2.82. The third-order valence-corrected chi connectivity index (χ3v) is 3.51. The molecule has 0 spiro atoms. The number of nitrogens with zero attached hydrogens (tertiary/aromatic N) is 3. The molecule has 0 fully saturated rings. The van der Waals surface area contributed by atoms with E-state index in [-0.39, 0.29) is 5.82 Å². The normalized spacial score (nSPS) is 11.1. The van der Waals surface area contributed by atoms with Crippen molar-refractivity contribution in [1.29, 1.82) is 0 Å². The van der Waals surface area contributed by atoms with Crippen molar-refractivity contribution in [2.24, 2.45) is 7.05 Å². The van der Waals surface area contributed by atoms with Crippen LogP contribution in [0.1, 0.15) is 0 Å². The van der Waals surface area contributed by atoms with E-state index in [9.17, 15) is 4.39 Å². The molecule has 0 N–H and O–H groups in total. The van der Waals surface area contributed by atoms with Gasteiger partial charge >= 0.3 is 0 Å². The van der Waals surface area contributed by atoms with Gasteiger partial charge in [-0.15, -0.1) is 21.5 Å². The fraction of sp³-hybridized carbons (Fsp3) is 0.0909. The van der Waals surface area contributed by atoms with Crippen LogP contribution in [-0.4, -0.2) is 14.8 Å². The van der Waals surface area contributed by atoms with Gasteiger partial charge in [-0.25, -0.2) is 4.39 Å². The van der Waals surface area contributed by atoms with Crippen molar-refractivity contribution in [2.75, 3.05) is 0 Å². The molecular weight excluding hydrogens is 225 g/mol. The molecular formula is C11H8FN3S. The van der Waals surface area contributed by atoms with E-state index in [1.807, 2.05) is 17.7 Å². The SMILES string of the molecule is Cn1cnnc1-c1cc2ccc(F)cc2s1. The van der Waals surface area contributed by atoms with Crippen LogP contribution in [0.25, 0.3) is 20.8 Å². The van der Waals surface area contributed by atoms with Crippen molar-refractivity contribution in [2.45, 2.75) is 0 Å². The van der Waals surface area contributed by atoms with Crippen LogP contribution in [0, 0.1) is 5.82 Å². The first kappa shape index (κ1) is 9.47. The summed E-state index contributed by atoms with van der Waals surface area (Å²) < 4.78 is 15.8. The maximum atomic E-state index is 13.0. The van der Waals surface area contributed by atoms with E-state index in [0.29, 0.717) is 0 Å². The second kappa shape index (κ2) is 3.38. The molecule has 0 aliphatic carbocycles. The highest BCUT2D eigenvalue weighted by Gasteiger charge is 2.09. The predicted molar refractivity (Wildman–Crippen MR) is 61.8 cm³/mol. The Bertz CT molecular complexity index is 656. The fourth-order valence-electron chi connectivity index (χ4n) is 1.62. The molecule has 0 amide bonds. The second-order valence-electron chi connectivity index (χ2n) is 3.56. The predicted octanol–water partition coefficient (Wildman–Crippen LogP) is 2.84. The van der Waals surface area contributed by atoms with Crippen molar-refractivity contribution in [1.82, 2.24) is 14.8 Å². The minimum absolute atomic E-state index is 0.209. The second-order valence-corrected chi connectivity index (χ2v) is 4.64. The summed E-state index contributed by atoms with van der Waals surface area (Å²) in [4.78, 5) is 1.00. The molecule has 0 atom stereocenters. The topological polar surface area (TPSA) is 30.7 Å². The van der Waals surface area contributed by atoms with Crippen LogP contribution in [0.5, 0.6) is 0 Å². The van der Waals surface area contributed by atoms with Gasteiger partial charge in [0.25, 0.3) is 0 Å².